The Hall–Kier alpha value is -1.11. The zero-order valence-electron chi connectivity index (χ0n) is 13.2. The predicted octanol–water partition coefficient (Wildman–Crippen LogP) is 1.78. The maximum Gasteiger partial charge on any atom is 0.271 e. The van der Waals surface area contributed by atoms with Crippen molar-refractivity contribution < 1.29 is 9.53 Å². The number of halogens is 1. The van der Waals surface area contributed by atoms with Gasteiger partial charge in [-0.2, -0.15) is 5.10 Å². The van der Waals surface area contributed by atoms with Crippen molar-refractivity contribution in [3.05, 3.63) is 18.0 Å². The van der Waals surface area contributed by atoms with E-state index in [4.69, 9.17) is 4.74 Å². The molecule has 7 heteroatoms. The highest BCUT2D eigenvalue weighted by Gasteiger charge is 2.17. The maximum atomic E-state index is 12.0. The number of rotatable bonds is 8. The molecule has 6 nitrogen and oxygen atoms in total. The molecule has 1 atom stereocenters. The van der Waals surface area contributed by atoms with E-state index in [1.54, 1.807) is 13.2 Å². The molecule has 0 aromatic carbocycles. The smallest absolute Gasteiger partial charge is 0.271 e. The highest BCUT2D eigenvalue weighted by molar-refractivity contribution is 5.92. The third kappa shape index (κ3) is 5.94. The van der Waals surface area contributed by atoms with Gasteiger partial charge in [0.05, 0.1) is 6.04 Å². The summed E-state index contributed by atoms with van der Waals surface area (Å²) in [6.45, 7) is 3.49. The normalized spacial score (nSPS) is 17.8. The van der Waals surface area contributed by atoms with Crippen LogP contribution in [-0.4, -0.2) is 49.0 Å². The molecule has 1 aliphatic heterocycles. The summed E-state index contributed by atoms with van der Waals surface area (Å²) >= 11 is 0. The third-order valence-electron chi connectivity index (χ3n) is 3.80. The monoisotopic (exact) mass is 330 g/mol. The summed E-state index contributed by atoms with van der Waals surface area (Å²) < 4.78 is 6.91. The van der Waals surface area contributed by atoms with Crippen LogP contribution in [0.25, 0.3) is 0 Å². The van der Waals surface area contributed by atoms with Crippen molar-refractivity contribution in [1.29, 1.82) is 0 Å². The number of amides is 1. The standard InChI is InChI=1S/C15H26N4O2.ClH/c1-21-11-4-2-3-9-17-15(20)14-7-10-19(18-14)13-6-5-8-16-12-13;/h7,10,13,16H,2-6,8-9,11-12H2,1H3,(H,17,20);1H. The van der Waals surface area contributed by atoms with Crippen LogP contribution in [0.5, 0.6) is 0 Å². The number of nitrogens with zero attached hydrogens (tertiary/aromatic N) is 2. The van der Waals surface area contributed by atoms with Gasteiger partial charge >= 0.3 is 0 Å². The van der Waals surface area contributed by atoms with Crippen molar-refractivity contribution >= 4 is 18.3 Å². The SMILES string of the molecule is COCCCCCNC(=O)c1ccn(C2CCCNC2)n1.Cl. The number of piperidine rings is 1. The number of ether oxygens (including phenoxy) is 1. The Labute approximate surface area is 138 Å². The average Bonchev–Trinajstić information content (AvgIpc) is 3.01. The summed E-state index contributed by atoms with van der Waals surface area (Å²) in [4.78, 5) is 12.0. The maximum absolute atomic E-state index is 12.0. The molecule has 22 heavy (non-hydrogen) atoms. The first-order valence-corrected chi connectivity index (χ1v) is 7.84. The van der Waals surface area contributed by atoms with Gasteiger partial charge in [-0.25, -0.2) is 0 Å². The molecule has 1 aromatic rings. The molecule has 0 radical (unpaired) electrons. The van der Waals surface area contributed by atoms with E-state index in [0.29, 0.717) is 18.3 Å². The van der Waals surface area contributed by atoms with E-state index in [2.05, 4.69) is 15.7 Å². The van der Waals surface area contributed by atoms with Gasteiger partial charge < -0.3 is 15.4 Å². The Morgan fingerprint density at radius 2 is 2.36 bits per heavy atom. The molecule has 1 aliphatic rings. The lowest BCUT2D eigenvalue weighted by molar-refractivity contribution is 0.0946. The van der Waals surface area contributed by atoms with Crippen molar-refractivity contribution in [2.24, 2.45) is 0 Å². The van der Waals surface area contributed by atoms with E-state index in [0.717, 1.165) is 51.8 Å². The fourth-order valence-corrected chi connectivity index (χ4v) is 2.56. The molecule has 1 aromatic heterocycles. The quantitative estimate of drug-likeness (QED) is 0.713. The molecule has 2 heterocycles. The number of hydrogen-bond donors (Lipinski definition) is 2. The zero-order valence-corrected chi connectivity index (χ0v) is 14.0. The lowest BCUT2D eigenvalue weighted by Gasteiger charge is -2.22. The minimum absolute atomic E-state index is 0. The minimum Gasteiger partial charge on any atom is -0.385 e. The first kappa shape index (κ1) is 18.9. The van der Waals surface area contributed by atoms with Crippen molar-refractivity contribution in [2.45, 2.75) is 38.1 Å². The number of methoxy groups -OCH3 is 1. The third-order valence-corrected chi connectivity index (χ3v) is 3.80. The van der Waals surface area contributed by atoms with Crippen LogP contribution >= 0.6 is 12.4 Å². The summed E-state index contributed by atoms with van der Waals surface area (Å²) in [6, 6.07) is 2.17. The second kappa shape index (κ2) is 10.6. The summed E-state index contributed by atoms with van der Waals surface area (Å²) in [5, 5.41) is 10.7. The molecule has 1 saturated heterocycles. The van der Waals surface area contributed by atoms with Crippen molar-refractivity contribution in [3.8, 4) is 0 Å². The highest BCUT2D eigenvalue weighted by Crippen LogP contribution is 2.15. The zero-order chi connectivity index (χ0) is 14.9. The number of carbonyl (C=O) groups is 1. The van der Waals surface area contributed by atoms with Gasteiger partial charge in [-0.1, -0.05) is 0 Å². The van der Waals surface area contributed by atoms with E-state index >= 15 is 0 Å². The van der Waals surface area contributed by atoms with Gasteiger partial charge in [0.15, 0.2) is 0 Å². The first-order valence-electron chi connectivity index (χ1n) is 7.84. The Morgan fingerprint density at radius 3 is 3.09 bits per heavy atom. The fraction of sp³-hybridized carbons (Fsp3) is 0.733. The largest absolute Gasteiger partial charge is 0.385 e. The number of aromatic nitrogens is 2. The first-order chi connectivity index (χ1) is 10.3. The van der Waals surface area contributed by atoms with E-state index in [1.807, 2.05) is 10.9 Å². The molecule has 2 rings (SSSR count). The van der Waals surface area contributed by atoms with Gasteiger partial charge in [-0.15, -0.1) is 12.4 Å². The van der Waals surface area contributed by atoms with Crippen molar-refractivity contribution in [1.82, 2.24) is 20.4 Å². The van der Waals surface area contributed by atoms with E-state index in [9.17, 15) is 4.79 Å². The molecule has 0 bridgehead atoms. The average molecular weight is 331 g/mol. The number of unbranched alkanes of at least 4 members (excludes halogenated alkanes) is 2. The van der Waals surface area contributed by atoms with Gasteiger partial charge in [-0.3, -0.25) is 9.48 Å². The molecule has 0 aliphatic carbocycles. The summed E-state index contributed by atoms with van der Waals surface area (Å²) in [6.07, 6.45) is 7.27. The van der Waals surface area contributed by atoms with Crippen LogP contribution in [0.1, 0.15) is 48.6 Å². The summed E-state index contributed by atoms with van der Waals surface area (Å²) in [7, 11) is 1.71. The van der Waals surface area contributed by atoms with Gasteiger partial charge in [-0.05, 0) is 44.7 Å². The molecule has 1 amide bonds. The topological polar surface area (TPSA) is 68.2 Å². The van der Waals surface area contributed by atoms with Crippen LogP contribution in [0.3, 0.4) is 0 Å². The molecule has 0 saturated carbocycles. The van der Waals surface area contributed by atoms with Crippen molar-refractivity contribution in [2.75, 3.05) is 33.4 Å². The Bertz CT molecular complexity index is 433. The second-order valence-corrected chi connectivity index (χ2v) is 5.49. The van der Waals surface area contributed by atoms with Crippen molar-refractivity contribution in [3.63, 3.8) is 0 Å². The lowest BCUT2D eigenvalue weighted by atomic mass is 10.1. The van der Waals surface area contributed by atoms with Crippen LogP contribution in [0.4, 0.5) is 0 Å². The molecular weight excluding hydrogens is 304 g/mol. The number of hydrogen-bond acceptors (Lipinski definition) is 4. The molecule has 1 fully saturated rings. The molecule has 1 unspecified atom stereocenters. The van der Waals surface area contributed by atoms with E-state index < -0.39 is 0 Å². The molecule has 0 spiro atoms. The van der Waals surface area contributed by atoms with E-state index in [-0.39, 0.29) is 18.3 Å². The van der Waals surface area contributed by atoms with Crippen LogP contribution in [0.2, 0.25) is 0 Å². The van der Waals surface area contributed by atoms with Crippen LogP contribution in [-0.2, 0) is 4.74 Å². The van der Waals surface area contributed by atoms with Gasteiger partial charge in [0.25, 0.3) is 5.91 Å². The lowest BCUT2D eigenvalue weighted by Crippen LogP contribution is -2.32. The summed E-state index contributed by atoms with van der Waals surface area (Å²) in [5.74, 6) is -0.0794. The highest BCUT2D eigenvalue weighted by atomic mass is 35.5. The number of carbonyl (C=O) groups excluding carboxylic acids is 1. The summed E-state index contributed by atoms with van der Waals surface area (Å²) in [5.41, 5.74) is 0.512. The van der Waals surface area contributed by atoms with Gasteiger partial charge in [0.1, 0.15) is 5.69 Å². The van der Waals surface area contributed by atoms with Crippen LogP contribution < -0.4 is 10.6 Å². The predicted molar refractivity (Wildman–Crippen MR) is 88.7 cm³/mol. The molecule has 126 valence electrons. The minimum atomic E-state index is -0.0794. The Morgan fingerprint density at radius 1 is 1.50 bits per heavy atom. The molecule has 2 N–H and O–H groups in total. The van der Waals surface area contributed by atoms with E-state index in [1.165, 1.54) is 0 Å². The Balaban J connectivity index is 0.00000242. The van der Waals surface area contributed by atoms with Gasteiger partial charge in [0.2, 0.25) is 0 Å². The molecular formula is C15H27ClN4O2. The Kier molecular flexibility index (Phi) is 9.11. The van der Waals surface area contributed by atoms with Crippen LogP contribution in [0, 0.1) is 0 Å². The van der Waals surface area contributed by atoms with Gasteiger partial charge in [0, 0.05) is 33.0 Å². The number of nitrogens with one attached hydrogen (secondary N) is 2. The van der Waals surface area contributed by atoms with Crippen LogP contribution in [0.15, 0.2) is 12.3 Å². The fourth-order valence-electron chi connectivity index (χ4n) is 2.56. The second-order valence-electron chi connectivity index (χ2n) is 5.49.